The average Bonchev–Trinajstić information content (AvgIpc) is 3.03. The van der Waals surface area contributed by atoms with Gasteiger partial charge in [0.05, 0.1) is 0 Å². The molecule has 3 heteroatoms. The van der Waals surface area contributed by atoms with Gasteiger partial charge in [-0.05, 0) is 35.7 Å². The summed E-state index contributed by atoms with van der Waals surface area (Å²) < 4.78 is 0. The molecule has 0 aliphatic carbocycles. The van der Waals surface area contributed by atoms with E-state index in [1.165, 1.54) is 28.9 Å². The highest BCUT2D eigenvalue weighted by Crippen LogP contribution is 2.48. The summed E-state index contributed by atoms with van der Waals surface area (Å²) in [5.74, 6) is 0.587. The van der Waals surface area contributed by atoms with Crippen molar-refractivity contribution in [3.63, 3.8) is 0 Å². The minimum Gasteiger partial charge on any atom is -0.337 e. The maximum absolute atomic E-state index is 2.63. The van der Waals surface area contributed by atoms with Crippen LogP contribution in [0.1, 0.15) is 23.5 Å². The molecule has 3 aromatic carbocycles. The molecule has 138 valence electrons. The fourth-order valence-electron chi connectivity index (χ4n) is 4.73. The van der Waals surface area contributed by atoms with Gasteiger partial charge in [0.25, 0.3) is 0 Å². The molecule has 1 saturated heterocycles. The van der Waals surface area contributed by atoms with Crippen LogP contribution in [0.3, 0.4) is 0 Å². The molecule has 3 aromatic rings. The van der Waals surface area contributed by atoms with Crippen LogP contribution >= 0.6 is 12.4 Å². The fourth-order valence-corrected chi connectivity index (χ4v) is 4.73. The molecule has 27 heavy (non-hydrogen) atoms. The molecule has 2 heterocycles. The fraction of sp³-hybridized carbons (Fsp3) is 0.250. The number of piperidine rings is 1. The number of fused-ring (bicyclic) bond motifs is 3. The zero-order valence-electron chi connectivity index (χ0n) is 15.4. The standard InChI is InChI=1S/C24H24N2.ClH/c1-3-9-19(10-4-1)17-25-16-15-24-22(18-25)21-13-7-8-14-23(21)26(24)20-11-5-2-6-12-20;/h1-14,22,24H,15-18H2;1H. The van der Waals surface area contributed by atoms with Gasteiger partial charge in [-0.2, -0.15) is 0 Å². The lowest BCUT2D eigenvalue weighted by Crippen LogP contribution is -2.44. The summed E-state index contributed by atoms with van der Waals surface area (Å²) in [7, 11) is 0. The Kier molecular flexibility index (Phi) is 5.20. The Morgan fingerprint density at radius 3 is 2.22 bits per heavy atom. The molecule has 0 amide bonds. The first-order valence-corrected chi connectivity index (χ1v) is 9.59. The van der Waals surface area contributed by atoms with Gasteiger partial charge in [-0.25, -0.2) is 0 Å². The van der Waals surface area contributed by atoms with Crippen LogP contribution in [0.5, 0.6) is 0 Å². The molecule has 0 N–H and O–H groups in total. The second-order valence-electron chi connectivity index (χ2n) is 7.45. The second-order valence-corrected chi connectivity index (χ2v) is 7.45. The van der Waals surface area contributed by atoms with E-state index in [-0.39, 0.29) is 12.4 Å². The Labute approximate surface area is 167 Å². The third-order valence-electron chi connectivity index (χ3n) is 5.87. The lowest BCUT2D eigenvalue weighted by molar-refractivity contribution is 0.189. The molecule has 0 saturated carbocycles. The van der Waals surface area contributed by atoms with Crippen LogP contribution in [-0.4, -0.2) is 24.0 Å². The van der Waals surface area contributed by atoms with Gasteiger partial charge >= 0.3 is 0 Å². The summed E-state index contributed by atoms with van der Waals surface area (Å²) in [6.45, 7) is 3.35. The summed E-state index contributed by atoms with van der Waals surface area (Å²) in [5, 5.41) is 0. The Balaban J connectivity index is 0.00000180. The van der Waals surface area contributed by atoms with Crippen molar-refractivity contribution in [2.24, 2.45) is 0 Å². The van der Waals surface area contributed by atoms with Crippen molar-refractivity contribution in [2.45, 2.75) is 24.9 Å². The van der Waals surface area contributed by atoms with Gasteiger partial charge in [-0.1, -0.05) is 66.7 Å². The van der Waals surface area contributed by atoms with Crippen molar-refractivity contribution in [3.8, 4) is 0 Å². The van der Waals surface area contributed by atoms with E-state index in [2.05, 4.69) is 94.7 Å². The van der Waals surface area contributed by atoms with Crippen molar-refractivity contribution >= 4 is 23.8 Å². The molecule has 5 rings (SSSR count). The maximum atomic E-state index is 2.63. The molecule has 2 nitrogen and oxygen atoms in total. The summed E-state index contributed by atoms with van der Waals surface area (Å²) in [5.41, 5.74) is 5.65. The van der Waals surface area contributed by atoms with Gasteiger partial charge in [0.2, 0.25) is 0 Å². The lowest BCUT2D eigenvalue weighted by atomic mass is 9.89. The zero-order valence-corrected chi connectivity index (χ0v) is 16.2. The van der Waals surface area contributed by atoms with Gasteiger partial charge in [-0.15, -0.1) is 12.4 Å². The first-order chi connectivity index (χ1) is 12.9. The third-order valence-corrected chi connectivity index (χ3v) is 5.87. The number of anilines is 2. The van der Waals surface area contributed by atoms with Crippen molar-refractivity contribution in [2.75, 3.05) is 18.0 Å². The number of hydrogen-bond acceptors (Lipinski definition) is 2. The predicted octanol–water partition coefficient (Wildman–Crippen LogP) is 5.62. The van der Waals surface area contributed by atoms with E-state index in [1.807, 2.05) is 0 Å². The molecule has 0 aromatic heterocycles. The Bertz CT molecular complexity index is 881. The summed E-state index contributed by atoms with van der Waals surface area (Å²) >= 11 is 0. The number of nitrogens with zero attached hydrogens (tertiary/aromatic N) is 2. The first-order valence-electron chi connectivity index (χ1n) is 9.59. The minimum atomic E-state index is 0. The molecule has 2 aliphatic heterocycles. The summed E-state index contributed by atoms with van der Waals surface area (Å²) in [6.07, 6.45) is 1.21. The Morgan fingerprint density at radius 1 is 0.778 bits per heavy atom. The topological polar surface area (TPSA) is 6.48 Å². The average molecular weight is 377 g/mol. The minimum absolute atomic E-state index is 0. The molecule has 0 bridgehead atoms. The van der Waals surface area contributed by atoms with Gasteiger partial charge in [0, 0.05) is 43.0 Å². The summed E-state index contributed by atoms with van der Waals surface area (Å²) in [6, 6.07) is 31.3. The zero-order chi connectivity index (χ0) is 17.3. The number of hydrogen-bond donors (Lipinski definition) is 0. The van der Waals surface area contributed by atoms with Gasteiger partial charge in [0.15, 0.2) is 0 Å². The van der Waals surface area contributed by atoms with Gasteiger partial charge in [0.1, 0.15) is 0 Å². The van der Waals surface area contributed by atoms with Crippen LogP contribution < -0.4 is 4.90 Å². The van der Waals surface area contributed by atoms with E-state index in [4.69, 9.17) is 0 Å². The van der Waals surface area contributed by atoms with Crippen LogP contribution in [0.15, 0.2) is 84.9 Å². The van der Waals surface area contributed by atoms with Crippen molar-refractivity contribution in [1.82, 2.24) is 4.90 Å². The highest BCUT2D eigenvalue weighted by Gasteiger charge is 2.42. The van der Waals surface area contributed by atoms with Crippen LogP contribution in [0, 0.1) is 0 Å². The normalized spacial score (nSPS) is 21.3. The first kappa shape index (κ1) is 18.1. The van der Waals surface area contributed by atoms with E-state index in [0.29, 0.717) is 12.0 Å². The predicted molar refractivity (Wildman–Crippen MR) is 115 cm³/mol. The molecule has 2 atom stereocenters. The van der Waals surface area contributed by atoms with Crippen molar-refractivity contribution < 1.29 is 0 Å². The molecule has 2 unspecified atom stereocenters. The third kappa shape index (κ3) is 3.36. The van der Waals surface area contributed by atoms with Crippen molar-refractivity contribution in [3.05, 3.63) is 96.1 Å². The van der Waals surface area contributed by atoms with Crippen molar-refractivity contribution in [1.29, 1.82) is 0 Å². The molecular weight excluding hydrogens is 352 g/mol. The SMILES string of the molecule is Cl.c1ccc(CN2CCC3C(C2)c2ccccc2N3c2ccccc2)cc1. The molecule has 1 fully saturated rings. The molecule has 2 aliphatic rings. The van der Waals surface area contributed by atoms with Crippen LogP contribution in [-0.2, 0) is 6.54 Å². The van der Waals surface area contributed by atoms with E-state index in [1.54, 1.807) is 0 Å². The number of rotatable bonds is 3. The Hall–Kier alpha value is -2.29. The van der Waals surface area contributed by atoms with Gasteiger partial charge in [-0.3, -0.25) is 4.90 Å². The van der Waals surface area contributed by atoms with Crippen LogP contribution in [0.4, 0.5) is 11.4 Å². The second kappa shape index (κ2) is 7.75. The van der Waals surface area contributed by atoms with Crippen LogP contribution in [0.25, 0.3) is 0 Å². The molecule has 0 spiro atoms. The number of likely N-dealkylation sites (tertiary alicyclic amines) is 1. The van der Waals surface area contributed by atoms with Crippen LogP contribution in [0.2, 0.25) is 0 Å². The monoisotopic (exact) mass is 376 g/mol. The van der Waals surface area contributed by atoms with E-state index in [9.17, 15) is 0 Å². The quantitative estimate of drug-likeness (QED) is 0.585. The summed E-state index contributed by atoms with van der Waals surface area (Å²) in [4.78, 5) is 5.21. The molecule has 0 radical (unpaired) electrons. The Morgan fingerprint density at radius 2 is 1.44 bits per heavy atom. The highest BCUT2D eigenvalue weighted by molar-refractivity contribution is 5.85. The maximum Gasteiger partial charge on any atom is 0.0450 e. The van der Waals surface area contributed by atoms with Gasteiger partial charge < -0.3 is 4.90 Å². The van der Waals surface area contributed by atoms with E-state index >= 15 is 0 Å². The largest absolute Gasteiger partial charge is 0.337 e. The molecular formula is C24H25ClN2. The number of benzene rings is 3. The number of halogens is 1. The lowest BCUT2D eigenvalue weighted by Gasteiger charge is -2.39. The van der Waals surface area contributed by atoms with E-state index in [0.717, 1.165) is 19.6 Å². The highest BCUT2D eigenvalue weighted by atomic mass is 35.5. The van der Waals surface area contributed by atoms with E-state index < -0.39 is 0 Å². The smallest absolute Gasteiger partial charge is 0.0450 e. The number of para-hydroxylation sites is 2.